The van der Waals surface area contributed by atoms with E-state index >= 15 is 0 Å². The van der Waals surface area contributed by atoms with E-state index in [4.69, 9.17) is 10.5 Å². The highest BCUT2D eigenvalue weighted by molar-refractivity contribution is 9.10. The van der Waals surface area contributed by atoms with E-state index in [0.29, 0.717) is 11.3 Å². The first kappa shape index (κ1) is 16.0. The van der Waals surface area contributed by atoms with E-state index < -0.39 is 0 Å². The number of amides is 1. The molecule has 0 spiro atoms. The lowest BCUT2D eigenvalue weighted by atomic mass is 10.0. The van der Waals surface area contributed by atoms with Crippen molar-refractivity contribution in [2.24, 2.45) is 5.73 Å². The Labute approximate surface area is 132 Å². The monoisotopic (exact) mass is 354 g/mol. The third-order valence-corrected chi connectivity index (χ3v) is 4.38. The van der Waals surface area contributed by atoms with Crippen molar-refractivity contribution in [2.75, 3.05) is 20.2 Å². The fourth-order valence-corrected chi connectivity index (χ4v) is 3.16. The molecule has 0 radical (unpaired) electrons. The zero-order chi connectivity index (χ0) is 15.4. The van der Waals surface area contributed by atoms with E-state index in [-0.39, 0.29) is 24.3 Å². The minimum atomic E-state index is -0.349. The largest absolute Gasteiger partial charge is 0.496 e. The summed E-state index contributed by atoms with van der Waals surface area (Å²) in [6, 6.07) is 4.89. The first-order valence-electron chi connectivity index (χ1n) is 6.93. The summed E-state index contributed by atoms with van der Waals surface area (Å²) < 4.78 is 5.89. The second-order valence-electron chi connectivity index (χ2n) is 5.16. The van der Waals surface area contributed by atoms with Gasteiger partial charge < -0.3 is 10.5 Å². The molecule has 1 aliphatic heterocycles. The SMILES string of the molecule is COc1ccc(C(=O)CN2CCCCC2C(N)=O)cc1Br. The van der Waals surface area contributed by atoms with E-state index in [0.717, 1.165) is 30.3 Å². The number of rotatable bonds is 5. The number of ketones is 1. The highest BCUT2D eigenvalue weighted by Crippen LogP contribution is 2.26. The zero-order valence-electron chi connectivity index (χ0n) is 12.0. The summed E-state index contributed by atoms with van der Waals surface area (Å²) >= 11 is 3.37. The predicted molar refractivity (Wildman–Crippen MR) is 83.4 cm³/mol. The van der Waals surface area contributed by atoms with Crippen LogP contribution in [0, 0.1) is 0 Å². The number of benzene rings is 1. The number of hydrogen-bond acceptors (Lipinski definition) is 4. The van der Waals surface area contributed by atoms with Crippen LogP contribution in [0.15, 0.2) is 22.7 Å². The quantitative estimate of drug-likeness (QED) is 0.820. The highest BCUT2D eigenvalue weighted by Gasteiger charge is 2.28. The molecule has 5 nitrogen and oxygen atoms in total. The van der Waals surface area contributed by atoms with Gasteiger partial charge in [0, 0.05) is 5.56 Å². The fraction of sp³-hybridized carbons (Fsp3) is 0.467. The van der Waals surface area contributed by atoms with Crippen LogP contribution in [0.3, 0.4) is 0 Å². The van der Waals surface area contributed by atoms with Crippen LogP contribution < -0.4 is 10.5 Å². The Hall–Kier alpha value is -1.40. The highest BCUT2D eigenvalue weighted by atomic mass is 79.9. The Morgan fingerprint density at radius 3 is 2.81 bits per heavy atom. The molecule has 1 heterocycles. The van der Waals surface area contributed by atoms with Crippen molar-refractivity contribution in [3.63, 3.8) is 0 Å². The minimum Gasteiger partial charge on any atom is -0.496 e. The van der Waals surface area contributed by atoms with Crippen LogP contribution in [0.4, 0.5) is 0 Å². The van der Waals surface area contributed by atoms with Crippen LogP contribution in [0.25, 0.3) is 0 Å². The van der Waals surface area contributed by atoms with E-state index in [9.17, 15) is 9.59 Å². The lowest BCUT2D eigenvalue weighted by Crippen LogP contribution is -2.49. The number of carbonyl (C=O) groups is 2. The lowest BCUT2D eigenvalue weighted by molar-refractivity contribution is -0.124. The van der Waals surface area contributed by atoms with Crippen LogP contribution in [0.1, 0.15) is 29.6 Å². The van der Waals surface area contributed by atoms with Gasteiger partial charge in [-0.25, -0.2) is 0 Å². The number of hydrogen-bond donors (Lipinski definition) is 1. The molecule has 2 N–H and O–H groups in total. The lowest BCUT2D eigenvalue weighted by Gasteiger charge is -2.32. The zero-order valence-corrected chi connectivity index (χ0v) is 13.6. The molecule has 1 saturated heterocycles. The minimum absolute atomic E-state index is 0.0218. The van der Waals surface area contributed by atoms with Crippen LogP contribution in [0.5, 0.6) is 5.75 Å². The third-order valence-electron chi connectivity index (χ3n) is 3.76. The number of likely N-dealkylation sites (tertiary alicyclic amines) is 1. The van der Waals surface area contributed by atoms with Gasteiger partial charge in [0.2, 0.25) is 5.91 Å². The van der Waals surface area contributed by atoms with E-state index in [2.05, 4.69) is 15.9 Å². The molecule has 1 unspecified atom stereocenters. The standard InChI is InChI=1S/C15H19BrN2O3/c1-21-14-6-5-10(8-11(14)16)13(19)9-18-7-3-2-4-12(18)15(17)20/h5-6,8,12H,2-4,7,9H2,1H3,(H2,17,20). The average Bonchev–Trinajstić information content (AvgIpc) is 2.47. The Morgan fingerprint density at radius 1 is 1.43 bits per heavy atom. The molecule has 6 heteroatoms. The van der Waals surface area contributed by atoms with Gasteiger partial charge in [0.05, 0.1) is 24.2 Å². The van der Waals surface area contributed by atoms with Crippen LogP contribution in [-0.4, -0.2) is 42.8 Å². The predicted octanol–water partition coefficient (Wildman–Crippen LogP) is 1.98. The molecule has 1 atom stereocenters. The number of carbonyl (C=O) groups excluding carboxylic acids is 2. The molecule has 0 aliphatic carbocycles. The molecule has 21 heavy (non-hydrogen) atoms. The maximum Gasteiger partial charge on any atom is 0.234 e. The van der Waals surface area contributed by atoms with Gasteiger partial charge in [-0.3, -0.25) is 14.5 Å². The molecule has 1 amide bonds. The molecule has 0 aromatic heterocycles. The van der Waals surface area contributed by atoms with Gasteiger partial charge in [0.1, 0.15) is 5.75 Å². The summed E-state index contributed by atoms with van der Waals surface area (Å²) in [7, 11) is 1.58. The van der Waals surface area contributed by atoms with Gasteiger partial charge in [-0.05, 0) is 53.5 Å². The Kier molecular flexibility index (Phi) is 5.36. The number of nitrogens with two attached hydrogens (primary N) is 1. The number of piperidine rings is 1. The normalized spacial score (nSPS) is 19.2. The topological polar surface area (TPSA) is 72.6 Å². The maximum absolute atomic E-state index is 12.4. The van der Waals surface area contributed by atoms with E-state index in [1.165, 1.54) is 0 Å². The Balaban J connectivity index is 2.09. The van der Waals surface area contributed by atoms with Gasteiger partial charge in [0.15, 0.2) is 5.78 Å². The summed E-state index contributed by atoms with van der Waals surface area (Å²) in [6.07, 6.45) is 2.70. The molecular weight excluding hydrogens is 336 g/mol. The van der Waals surface area contributed by atoms with Gasteiger partial charge in [0.25, 0.3) is 0 Å². The maximum atomic E-state index is 12.4. The van der Waals surface area contributed by atoms with Crippen molar-refractivity contribution in [1.29, 1.82) is 0 Å². The molecule has 1 fully saturated rings. The molecule has 114 valence electrons. The number of nitrogens with zero attached hydrogens (tertiary/aromatic N) is 1. The molecule has 1 aromatic carbocycles. The number of primary amides is 1. The summed E-state index contributed by atoms with van der Waals surface area (Å²) in [5.41, 5.74) is 6.01. The fourth-order valence-electron chi connectivity index (χ4n) is 2.62. The molecule has 0 saturated carbocycles. The average molecular weight is 355 g/mol. The van der Waals surface area contributed by atoms with Gasteiger partial charge >= 0.3 is 0 Å². The summed E-state index contributed by atoms with van der Waals surface area (Å²) in [4.78, 5) is 25.7. The third kappa shape index (κ3) is 3.83. The second kappa shape index (κ2) is 7.04. The van der Waals surface area contributed by atoms with Crippen molar-refractivity contribution >= 4 is 27.6 Å². The van der Waals surface area contributed by atoms with Gasteiger partial charge in [-0.2, -0.15) is 0 Å². The number of ether oxygens (including phenoxy) is 1. The van der Waals surface area contributed by atoms with Crippen molar-refractivity contribution in [3.05, 3.63) is 28.2 Å². The van der Waals surface area contributed by atoms with Crippen LogP contribution >= 0.6 is 15.9 Å². The Morgan fingerprint density at radius 2 is 2.19 bits per heavy atom. The number of halogens is 1. The molecule has 2 rings (SSSR count). The summed E-state index contributed by atoms with van der Waals surface area (Å²) in [5.74, 6) is 0.310. The first-order valence-corrected chi connectivity index (χ1v) is 7.72. The smallest absolute Gasteiger partial charge is 0.234 e. The van der Waals surface area contributed by atoms with Crippen molar-refractivity contribution in [1.82, 2.24) is 4.90 Å². The molecule has 1 aromatic rings. The first-order chi connectivity index (χ1) is 10.0. The number of Topliss-reactive ketones (excluding diaryl/α,β-unsaturated/α-hetero) is 1. The van der Waals surface area contributed by atoms with E-state index in [1.807, 2.05) is 4.90 Å². The van der Waals surface area contributed by atoms with E-state index in [1.54, 1.807) is 25.3 Å². The van der Waals surface area contributed by atoms with Crippen molar-refractivity contribution in [2.45, 2.75) is 25.3 Å². The van der Waals surface area contributed by atoms with Gasteiger partial charge in [-0.1, -0.05) is 6.42 Å². The summed E-state index contributed by atoms with van der Waals surface area (Å²) in [5, 5.41) is 0. The molecule has 1 aliphatic rings. The van der Waals surface area contributed by atoms with Crippen molar-refractivity contribution in [3.8, 4) is 5.75 Å². The van der Waals surface area contributed by atoms with Crippen LogP contribution in [0.2, 0.25) is 0 Å². The molecule has 0 bridgehead atoms. The van der Waals surface area contributed by atoms with Gasteiger partial charge in [-0.15, -0.1) is 0 Å². The van der Waals surface area contributed by atoms with Crippen LogP contribution in [-0.2, 0) is 4.79 Å². The Bertz CT molecular complexity index is 548. The summed E-state index contributed by atoms with van der Waals surface area (Å²) in [6.45, 7) is 0.947. The van der Waals surface area contributed by atoms with Crippen molar-refractivity contribution < 1.29 is 14.3 Å². The molecular formula is C15H19BrN2O3. The second-order valence-corrected chi connectivity index (χ2v) is 6.01. The number of methoxy groups -OCH3 is 1.